The van der Waals surface area contributed by atoms with Crippen molar-refractivity contribution >= 4 is 16.8 Å². The number of hydrogen-bond donors (Lipinski definition) is 1. The van der Waals surface area contributed by atoms with E-state index in [0.29, 0.717) is 12.1 Å². The molecule has 1 amide bonds. The lowest BCUT2D eigenvalue weighted by Gasteiger charge is -2.29. The second kappa shape index (κ2) is 13.6. The van der Waals surface area contributed by atoms with Crippen LogP contribution in [0.15, 0.2) is 66.7 Å². The summed E-state index contributed by atoms with van der Waals surface area (Å²) in [7, 11) is 0. The van der Waals surface area contributed by atoms with E-state index < -0.39 is 0 Å². The maximum atomic E-state index is 13.5. The van der Waals surface area contributed by atoms with Gasteiger partial charge >= 0.3 is 0 Å². The summed E-state index contributed by atoms with van der Waals surface area (Å²) in [6.45, 7) is 17.5. The highest BCUT2D eigenvalue weighted by molar-refractivity contribution is 6.07. The molecule has 1 heterocycles. The fourth-order valence-electron chi connectivity index (χ4n) is 5.00. The number of aryl methyl sites for hydroxylation is 3. The summed E-state index contributed by atoms with van der Waals surface area (Å²) in [5.74, 6) is 1.63. The normalized spacial score (nSPS) is 11.9. The van der Waals surface area contributed by atoms with E-state index in [9.17, 15) is 4.79 Å². The van der Waals surface area contributed by atoms with Gasteiger partial charge in [0.1, 0.15) is 22.7 Å². The molecule has 4 aromatic rings. The van der Waals surface area contributed by atoms with Crippen molar-refractivity contribution in [1.82, 2.24) is 10.3 Å². The Kier molecular flexibility index (Phi) is 10.2. The average Bonchev–Trinajstić information content (AvgIpc) is 2.97. The molecule has 0 saturated carbocycles. The first-order chi connectivity index (χ1) is 20.4. The first kappa shape index (κ1) is 32.1. The lowest BCUT2D eigenvalue weighted by Crippen LogP contribution is -2.28. The van der Waals surface area contributed by atoms with Gasteiger partial charge in [0.05, 0.1) is 16.8 Å². The van der Waals surface area contributed by atoms with Crippen molar-refractivity contribution in [2.45, 2.75) is 98.7 Å². The highest BCUT2D eigenvalue weighted by Crippen LogP contribution is 2.33. The first-order valence-corrected chi connectivity index (χ1v) is 15.7. The van der Waals surface area contributed by atoms with Gasteiger partial charge in [-0.1, -0.05) is 61.9 Å². The molecule has 0 radical (unpaired) electrons. The number of nitrogens with one attached hydrogen (secondary N) is 1. The molecule has 0 aliphatic rings. The number of unbranched alkanes of at least 4 members (excludes halogenated alkanes) is 1. The van der Waals surface area contributed by atoms with Crippen LogP contribution >= 0.6 is 0 Å². The van der Waals surface area contributed by atoms with Gasteiger partial charge in [-0.15, -0.1) is 0 Å². The Balaban J connectivity index is 1.44. The molecule has 0 unspecified atom stereocenters. The molecule has 0 aliphatic heterocycles. The Bertz CT molecular complexity index is 1570. The third-order valence-corrected chi connectivity index (χ3v) is 8.30. The summed E-state index contributed by atoms with van der Waals surface area (Å²) >= 11 is 0. The van der Waals surface area contributed by atoms with Crippen LogP contribution in [0.25, 0.3) is 22.2 Å². The lowest BCUT2D eigenvalue weighted by atomic mass is 9.99. The van der Waals surface area contributed by atoms with Crippen molar-refractivity contribution in [2.75, 3.05) is 6.54 Å². The van der Waals surface area contributed by atoms with Gasteiger partial charge in [-0.25, -0.2) is 4.98 Å². The molecule has 5 heteroatoms. The molecule has 0 saturated heterocycles. The number of para-hydroxylation sites is 1. The third kappa shape index (κ3) is 8.37. The van der Waals surface area contributed by atoms with Gasteiger partial charge in [0.25, 0.3) is 5.91 Å². The highest BCUT2D eigenvalue weighted by atomic mass is 16.5. The SMILES string of the molecule is CCC(C)(C)Oc1ccc(CCCCNC(=O)c2cc(-c3ccc(C)cc3C)nc3ccccc23)c(OC(C)(C)CC)c1. The smallest absolute Gasteiger partial charge is 0.252 e. The molecule has 0 atom stereocenters. The predicted octanol–water partition coefficient (Wildman–Crippen LogP) is 9.41. The van der Waals surface area contributed by atoms with Gasteiger partial charge in [-0.05, 0) is 103 Å². The molecule has 228 valence electrons. The number of fused-ring (bicyclic) bond motifs is 1. The molecule has 1 aromatic heterocycles. The summed E-state index contributed by atoms with van der Waals surface area (Å²) in [5, 5.41) is 4.03. The molecule has 5 nitrogen and oxygen atoms in total. The van der Waals surface area contributed by atoms with Crippen molar-refractivity contribution in [3.63, 3.8) is 0 Å². The number of rotatable bonds is 13. The zero-order valence-corrected chi connectivity index (χ0v) is 27.3. The number of benzene rings is 3. The number of amides is 1. The fourth-order valence-corrected chi connectivity index (χ4v) is 5.00. The van der Waals surface area contributed by atoms with Crippen molar-refractivity contribution in [3.05, 3.63) is 89.0 Å². The fraction of sp³-hybridized carbons (Fsp3) is 0.421. The van der Waals surface area contributed by atoms with Gasteiger partial charge < -0.3 is 14.8 Å². The summed E-state index contributed by atoms with van der Waals surface area (Å²) in [5.41, 5.74) is 6.34. The van der Waals surface area contributed by atoms with E-state index >= 15 is 0 Å². The van der Waals surface area contributed by atoms with Gasteiger partial charge in [0.2, 0.25) is 0 Å². The van der Waals surface area contributed by atoms with Crippen molar-refractivity contribution < 1.29 is 14.3 Å². The van der Waals surface area contributed by atoms with Crippen LogP contribution in [-0.4, -0.2) is 28.6 Å². The summed E-state index contributed by atoms with van der Waals surface area (Å²) in [6, 6.07) is 22.3. The van der Waals surface area contributed by atoms with Gasteiger partial charge in [-0.3, -0.25) is 4.79 Å². The number of carbonyl (C=O) groups excluding carboxylic acids is 1. The van der Waals surface area contributed by atoms with Crippen molar-refractivity contribution in [2.24, 2.45) is 0 Å². The van der Waals surface area contributed by atoms with Gasteiger partial charge in [0.15, 0.2) is 0 Å². The average molecular weight is 581 g/mol. The zero-order chi connectivity index (χ0) is 31.2. The van der Waals surface area contributed by atoms with Crippen molar-refractivity contribution in [1.29, 1.82) is 0 Å². The quantitative estimate of drug-likeness (QED) is 0.160. The zero-order valence-electron chi connectivity index (χ0n) is 27.3. The van der Waals surface area contributed by atoms with Crippen LogP contribution in [0.2, 0.25) is 0 Å². The van der Waals surface area contributed by atoms with Crippen molar-refractivity contribution in [3.8, 4) is 22.8 Å². The number of carbonyl (C=O) groups is 1. The molecular weight excluding hydrogens is 532 g/mol. The topological polar surface area (TPSA) is 60.5 Å². The molecule has 3 aromatic carbocycles. The Morgan fingerprint density at radius 3 is 2.28 bits per heavy atom. The molecule has 43 heavy (non-hydrogen) atoms. The minimum Gasteiger partial charge on any atom is -0.488 e. The van der Waals surface area contributed by atoms with E-state index in [1.54, 1.807) is 0 Å². The molecule has 1 N–H and O–H groups in total. The summed E-state index contributed by atoms with van der Waals surface area (Å²) in [6.07, 6.45) is 4.46. The Morgan fingerprint density at radius 1 is 0.837 bits per heavy atom. The molecule has 0 bridgehead atoms. The summed E-state index contributed by atoms with van der Waals surface area (Å²) < 4.78 is 12.7. The Hall–Kier alpha value is -3.86. The maximum Gasteiger partial charge on any atom is 0.252 e. The van der Waals surface area contributed by atoms with Crippen LogP contribution in [0.3, 0.4) is 0 Å². The molecule has 0 fully saturated rings. The predicted molar refractivity (Wildman–Crippen MR) is 178 cm³/mol. The van der Waals surface area contributed by atoms with E-state index in [1.165, 1.54) is 5.56 Å². The van der Waals surface area contributed by atoms with Crippen LogP contribution in [0, 0.1) is 13.8 Å². The molecular formula is C38H48N2O3. The van der Waals surface area contributed by atoms with Crippen LogP contribution in [0.4, 0.5) is 0 Å². The maximum absolute atomic E-state index is 13.5. The number of pyridine rings is 1. The standard InChI is InChI=1S/C38H48N2O3/c1-9-37(5,6)42-29-20-19-28(35(24-29)43-38(7,8)10-2)15-13-14-22-39-36(41)32-25-34(30-21-18-26(3)23-27(30)4)40-33-17-12-11-16-31(32)33/h11-12,16-21,23-25H,9-10,13-15,22H2,1-8H3,(H,39,41). The second-order valence-electron chi connectivity index (χ2n) is 12.8. The first-order valence-electron chi connectivity index (χ1n) is 15.7. The largest absolute Gasteiger partial charge is 0.488 e. The monoisotopic (exact) mass is 580 g/mol. The molecule has 0 spiro atoms. The van der Waals surface area contributed by atoms with Gasteiger partial charge in [0, 0.05) is 23.6 Å². The van der Waals surface area contributed by atoms with E-state index in [0.717, 1.165) is 76.9 Å². The number of nitrogens with zero attached hydrogens (tertiary/aromatic N) is 1. The van der Waals surface area contributed by atoms with Crippen LogP contribution in [0.5, 0.6) is 11.5 Å². The summed E-state index contributed by atoms with van der Waals surface area (Å²) in [4.78, 5) is 18.4. The molecule has 4 rings (SSSR count). The number of aromatic nitrogens is 1. The van der Waals surface area contributed by atoms with E-state index in [-0.39, 0.29) is 17.1 Å². The third-order valence-electron chi connectivity index (χ3n) is 8.30. The van der Waals surface area contributed by atoms with E-state index in [4.69, 9.17) is 14.5 Å². The Morgan fingerprint density at radius 2 is 1.56 bits per heavy atom. The lowest BCUT2D eigenvalue weighted by molar-refractivity contribution is 0.0942. The number of ether oxygens (including phenoxy) is 2. The van der Waals surface area contributed by atoms with Crippen LogP contribution in [0.1, 0.15) is 94.3 Å². The van der Waals surface area contributed by atoms with Gasteiger partial charge in [-0.2, -0.15) is 0 Å². The van der Waals surface area contributed by atoms with Crippen LogP contribution in [-0.2, 0) is 6.42 Å². The minimum atomic E-state index is -0.273. The van der Waals surface area contributed by atoms with E-state index in [2.05, 4.69) is 85.0 Å². The van der Waals surface area contributed by atoms with Crippen LogP contribution < -0.4 is 14.8 Å². The second-order valence-corrected chi connectivity index (χ2v) is 12.8. The molecule has 0 aliphatic carbocycles. The highest BCUT2D eigenvalue weighted by Gasteiger charge is 2.22. The van der Waals surface area contributed by atoms with E-state index in [1.807, 2.05) is 42.5 Å². The number of hydrogen-bond acceptors (Lipinski definition) is 4. The minimum absolute atomic E-state index is 0.0710. The Labute approximate surface area is 258 Å².